The molecule has 1 unspecified atom stereocenters. The van der Waals surface area contributed by atoms with Crippen LogP contribution in [0.15, 0.2) is 62.7 Å². The number of hydrazone groups is 1. The van der Waals surface area contributed by atoms with Crippen LogP contribution >= 0.6 is 11.6 Å². The molecule has 1 heterocycles. The molecule has 1 atom stereocenters. The quantitative estimate of drug-likeness (QED) is 0.592. The molecule has 1 aliphatic rings. The van der Waals surface area contributed by atoms with Gasteiger partial charge in [-0.25, -0.2) is 0 Å². The number of carbonyl (C=O) groups excluding carboxylic acids is 1. The molecular weight excluding hydrogens is 396 g/mol. The van der Waals surface area contributed by atoms with Crippen LogP contribution < -0.4 is 5.01 Å². The summed E-state index contributed by atoms with van der Waals surface area (Å²) in [7, 11) is -4.72. The van der Waals surface area contributed by atoms with Gasteiger partial charge in [0.15, 0.2) is 11.8 Å². The third-order valence-electron chi connectivity index (χ3n) is 3.68. The summed E-state index contributed by atoms with van der Waals surface area (Å²) in [5.41, 5.74) is 0.608. The molecular formula is C16H13ClN4O5S. The fourth-order valence-electron chi connectivity index (χ4n) is 2.40. The largest absolute Gasteiger partial charge is 0.504 e. The van der Waals surface area contributed by atoms with Crippen LogP contribution in [0, 0.1) is 0 Å². The molecule has 0 saturated carbocycles. The average Bonchev–Trinajstić information content (AvgIpc) is 2.89. The number of phenols is 1. The van der Waals surface area contributed by atoms with Gasteiger partial charge in [0.05, 0.1) is 11.4 Å². The van der Waals surface area contributed by atoms with E-state index in [9.17, 15) is 18.3 Å². The van der Waals surface area contributed by atoms with Crippen molar-refractivity contribution < 1.29 is 22.9 Å². The molecule has 2 aromatic rings. The first-order valence-electron chi connectivity index (χ1n) is 7.53. The maximum absolute atomic E-state index is 12.5. The van der Waals surface area contributed by atoms with Crippen molar-refractivity contribution in [1.82, 2.24) is 0 Å². The number of amides is 1. The summed E-state index contributed by atoms with van der Waals surface area (Å²) < 4.78 is 31.8. The Morgan fingerprint density at radius 2 is 1.89 bits per heavy atom. The van der Waals surface area contributed by atoms with Crippen LogP contribution in [-0.2, 0) is 14.9 Å². The maximum Gasteiger partial charge on any atom is 0.298 e. The average molecular weight is 409 g/mol. The Morgan fingerprint density at radius 1 is 1.22 bits per heavy atom. The van der Waals surface area contributed by atoms with Gasteiger partial charge in [0.25, 0.3) is 16.0 Å². The summed E-state index contributed by atoms with van der Waals surface area (Å²) in [4.78, 5) is 11.7. The summed E-state index contributed by atoms with van der Waals surface area (Å²) in [5, 5.41) is 22.8. The smallest absolute Gasteiger partial charge is 0.298 e. The first kappa shape index (κ1) is 19.0. The highest BCUT2D eigenvalue weighted by Crippen LogP contribution is 2.37. The minimum Gasteiger partial charge on any atom is -0.504 e. The lowest BCUT2D eigenvalue weighted by Crippen LogP contribution is -2.29. The van der Waals surface area contributed by atoms with E-state index in [1.165, 1.54) is 5.01 Å². The number of para-hydroxylation sites is 1. The van der Waals surface area contributed by atoms with Gasteiger partial charge in [-0.3, -0.25) is 9.35 Å². The van der Waals surface area contributed by atoms with Gasteiger partial charge < -0.3 is 5.11 Å². The van der Waals surface area contributed by atoms with E-state index in [2.05, 4.69) is 15.3 Å². The normalized spacial score (nSPS) is 17.6. The van der Waals surface area contributed by atoms with Crippen LogP contribution in [0.4, 0.5) is 11.4 Å². The second kappa shape index (κ2) is 7.06. The molecule has 9 nitrogen and oxygen atoms in total. The molecule has 0 bridgehead atoms. The van der Waals surface area contributed by atoms with Gasteiger partial charge in [0, 0.05) is 5.02 Å². The SMILES string of the molecule is CC1=NN(c2ccccc2)C(=O)C1N=Nc1cc(Cl)cc(S(=O)(=O)O)c1O. The highest BCUT2D eigenvalue weighted by Gasteiger charge is 2.34. The molecule has 0 aromatic heterocycles. The number of azo groups is 1. The molecule has 0 saturated heterocycles. The predicted molar refractivity (Wildman–Crippen MR) is 98.3 cm³/mol. The molecule has 1 amide bonds. The molecule has 140 valence electrons. The molecule has 0 radical (unpaired) electrons. The van der Waals surface area contributed by atoms with E-state index in [1.807, 2.05) is 0 Å². The lowest BCUT2D eigenvalue weighted by atomic mass is 10.2. The van der Waals surface area contributed by atoms with Crippen LogP contribution in [-0.4, -0.2) is 35.7 Å². The number of rotatable bonds is 4. The van der Waals surface area contributed by atoms with Gasteiger partial charge in [0.1, 0.15) is 10.6 Å². The van der Waals surface area contributed by atoms with Crippen LogP contribution in [0.3, 0.4) is 0 Å². The van der Waals surface area contributed by atoms with E-state index < -0.39 is 32.7 Å². The van der Waals surface area contributed by atoms with Crippen LogP contribution in [0.1, 0.15) is 6.92 Å². The van der Waals surface area contributed by atoms with Gasteiger partial charge in [-0.05, 0) is 31.2 Å². The number of carbonyl (C=O) groups is 1. The zero-order valence-corrected chi connectivity index (χ0v) is 15.4. The standard InChI is InChI=1S/C16H13ClN4O5S/c1-9-14(16(23)21(20-9)11-5-3-2-4-6-11)19-18-12-7-10(17)8-13(15(12)22)27(24,25)26/h2-8,14,22H,1H3,(H,24,25,26). The first-order chi connectivity index (χ1) is 12.7. The summed E-state index contributed by atoms with van der Waals surface area (Å²) >= 11 is 5.80. The monoisotopic (exact) mass is 408 g/mol. The van der Waals surface area contributed by atoms with Gasteiger partial charge in [-0.15, -0.1) is 0 Å². The fourth-order valence-corrected chi connectivity index (χ4v) is 3.30. The molecule has 11 heteroatoms. The number of hydrogen-bond donors (Lipinski definition) is 2. The van der Waals surface area contributed by atoms with Crippen molar-refractivity contribution in [2.45, 2.75) is 17.9 Å². The van der Waals surface area contributed by atoms with E-state index in [4.69, 9.17) is 16.2 Å². The first-order valence-corrected chi connectivity index (χ1v) is 9.35. The fraction of sp³-hybridized carbons (Fsp3) is 0.125. The Balaban J connectivity index is 1.93. The Morgan fingerprint density at radius 3 is 2.52 bits per heavy atom. The maximum atomic E-state index is 12.5. The minimum absolute atomic E-state index is 0.0941. The van der Waals surface area contributed by atoms with E-state index in [0.29, 0.717) is 11.4 Å². The number of halogens is 1. The summed E-state index contributed by atoms with van der Waals surface area (Å²) in [6.45, 7) is 1.59. The topological polar surface area (TPSA) is 132 Å². The van der Waals surface area contributed by atoms with Crippen LogP contribution in [0.5, 0.6) is 5.75 Å². The van der Waals surface area contributed by atoms with Crippen molar-refractivity contribution in [3.63, 3.8) is 0 Å². The highest BCUT2D eigenvalue weighted by atomic mass is 35.5. The summed E-state index contributed by atoms with van der Waals surface area (Å²) in [6.07, 6.45) is 0. The van der Waals surface area contributed by atoms with Gasteiger partial charge in [-0.2, -0.15) is 28.8 Å². The lowest BCUT2D eigenvalue weighted by Gasteiger charge is -2.12. The van der Waals surface area contributed by atoms with Gasteiger partial charge in [0.2, 0.25) is 0 Å². The number of nitrogens with zero attached hydrogens (tertiary/aromatic N) is 4. The van der Waals surface area contributed by atoms with Gasteiger partial charge >= 0.3 is 0 Å². The molecule has 1 aliphatic heterocycles. The van der Waals surface area contributed by atoms with E-state index >= 15 is 0 Å². The van der Waals surface area contributed by atoms with Crippen molar-refractivity contribution in [3.05, 3.63) is 47.5 Å². The molecule has 2 N–H and O–H groups in total. The van der Waals surface area contributed by atoms with Gasteiger partial charge in [-0.1, -0.05) is 29.8 Å². The van der Waals surface area contributed by atoms with Crippen LogP contribution in [0.25, 0.3) is 0 Å². The zero-order chi connectivity index (χ0) is 19.8. The minimum atomic E-state index is -4.72. The number of aromatic hydroxyl groups is 1. The Bertz CT molecular complexity index is 1070. The van der Waals surface area contributed by atoms with Crippen molar-refractivity contribution >= 4 is 44.7 Å². The molecule has 0 aliphatic carbocycles. The van der Waals surface area contributed by atoms with Crippen molar-refractivity contribution in [3.8, 4) is 5.75 Å². The molecule has 3 rings (SSSR count). The van der Waals surface area contributed by atoms with E-state index in [0.717, 1.165) is 12.1 Å². The lowest BCUT2D eigenvalue weighted by molar-refractivity contribution is -0.117. The molecule has 0 spiro atoms. The van der Waals surface area contributed by atoms with Crippen molar-refractivity contribution in [1.29, 1.82) is 0 Å². The number of phenolic OH excluding ortho intramolecular Hbond substituents is 1. The summed E-state index contributed by atoms with van der Waals surface area (Å²) in [5.74, 6) is -1.29. The third-order valence-corrected chi connectivity index (χ3v) is 4.76. The molecule has 0 fully saturated rings. The van der Waals surface area contributed by atoms with Crippen molar-refractivity contribution in [2.24, 2.45) is 15.3 Å². The third kappa shape index (κ3) is 3.82. The predicted octanol–water partition coefficient (Wildman–Crippen LogP) is 3.17. The Labute approximate surface area is 159 Å². The number of benzene rings is 2. The Kier molecular flexibility index (Phi) is 4.96. The Hall–Kier alpha value is -2.82. The molecule has 2 aromatic carbocycles. The van der Waals surface area contributed by atoms with Crippen LogP contribution in [0.2, 0.25) is 5.02 Å². The second-order valence-corrected chi connectivity index (χ2v) is 7.42. The molecule has 27 heavy (non-hydrogen) atoms. The second-order valence-electron chi connectivity index (χ2n) is 5.59. The van der Waals surface area contributed by atoms with E-state index in [-0.39, 0.29) is 10.7 Å². The number of anilines is 1. The zero-order valence-electron chi connectivity index (χ0n) is 13.8. The van der Waals surface area contributed by atoms with E-state index in [1.54, 1.807) is 37.3 Å². The van der Waals surface area contributed by atoms with Crippen molar-refractivity contribution in [2.75, 3.05) is 5.01 Å². The highest BCUT2D eigenvalue weighted by molar-refractivity contribution is 7.86. The summed E-state index contributed by atoms with van der Waals surface area (Å²) in [6, 6.07) is 9.69. The number of hydrogen-bond acceptors (Lipinski definition) is 7.